The van der Waals surface area contributed by atoms with E-state index < -0.39 is 0 Å². The Hall–Kier alpha value is -0.420. The van der Waals surface area contributed by atoms with Gasteiger partial charge in [-0.15, -0.1) is 5.10 Å². The molecule has 0 radical (unpaired) electrons. The maximum atomic E-state index is 4.17. The molecular weight excluding hydrogens is 316 g/mol. The van der Waals surface area contributed by atoms with Gasteiger partial charge >= 0.3 is 0 Å². The monoisotopic (exact) mass is 342 g/mol. The van der Waals surface area contributed by atoms with Crippen LogP contribution in [0.1, 0.15) is 64.1 Å². The summed E-state index contributed by atoms with van der Waals surface area (Å²) in [6.07, 6.45) is 7.87. The second kappa shape index (κ2) is 7.55. The topological polar surface area (TPSA) is 42.7 Å². The molecule has 3 atom stereocenters. The predicted molar refractivity (Wildman–Crippen MR) is 85.5 cm³/mol. The number of aryl methyl sites for hydroxylation is 1. The molecule has 1 saturated carbocycles. The molecule has 1 aliphatic rings. The van der Waals surface area contributed by atoms with Gasteiger partial charge < -0.3 is 5.32 Å². The highest BCUT2D eigenvalue weighted by Crippen LogP contribution is 2.39. The van der Waals surface area contributed by atoms with Gasteiger partial charge in [-0.05, 0) is 53.6 Å². The molecule has 1 fully saturated rings. The Kier molecular flexibility index (Phi) is 6.02. The molecule has 1 heterocycles. The second-order valence-electron chi connectivity index (χ2n) is 6.02. The SMILES string of the molecule is CCCNC(c1c(Br)nnn1C)C1CCCC(CC)C1. The van der Waals surface area contributed by atoms with Crippen molar-refractivity contribution in [1.82, 2.24) is 20.3 Å². The highest BCUT2D eigenvalue weighted by molar-refractivity contribution is 9.10. The maximum Gasteiger partial charge on any atom is 0.153 e. The highest BCUT2D eigenvalue weighted by Gasteiger charge is 2.31. The van der Waals surface area contributed by atoms with Crippen molar-refractivity contribution in [3.05, 3.63) is 10.3 Å². The first-order chi connectivity index (χ1) is 9.67. The van der Waals surface area contributed by atoms with E-state index in [-0.39, 0.29) is 0 Å². The maximum absolute atomic E-state index is 4.17. The Labute approximate surface area is 130 Å². The first-order valence-electron chi connectivity index (χ1n) is 7.95. The summed E-state index contributed by atoms with van der Waals surface area (Å²) in [5.74, 6) is 1.59. The van der Waals surface area contributed by atoms with Gasteiger partial charge in [-0.3, -0.25) is 0 Å². The molecule has 1 aromatic rings. The van der Waals surface area contributed by atoms with Gasteiger partial charge in [-0.25, -0.2) is 4.68 Å². The molecule has 2 rings (SSSR count). The van der Waals surface area contributed by atoms with Gasteiger partial charge in [0, 0.05) is 7.05 Å². The fraction of sp³-hybridized carbons (Fsp3) is 0.867. The van der Waals surface area contributed by atoms with E-state index in [0.717, 1.165) is 23.5 Å². The smallest absolute Gasteiger partial charge is 0.153 e. The van der Waals surface area contributed by atoms with Gasteiger partial charge in [-0.2, -0.15) is 0 Å². The number of rotatable bonds is 6. The van der Waals surface area contributed by atoms with Crippen molar-refractivity contribution in [2.45, 2.75) is 58.4 Å². The first kappa shape index (κ1) is 16.0. The lowest BCUT2D eigenvalue weighted by Crippen LogP contribution is -2.33. The molecule has 114 valence electrons. The quantitative estimate of drug-likeness (QED) is 0.854. The van der Waals surface area contributed by atoms with Crippen LogP contribution in [-0.4, -0.2) is 21.5 Å². The molecule has 1 aromatic heterocycles. The van der Waals surface area contributed by atoms with Crippen molar-refractivity contribution < 1.29 is 0 Å². The van der Waals surface area contributed by atoms with Crippen LogP contribution in [0.15, 0.2) is 4.60 Å². The van der Waals surface area contributed by atoms with Crippen molar-refractivity contribution in [1.29, 1.82) is 0 Å². The fourth-order valence-electron chi connectivity index (χ4n) is 3.46. The van der Waals surface area contributed by atoms with Crippen LogP contribution in [0.25, 0.3) is 0 Å². The standard InChI is InChI=1S/C15H27BrN4/c1-4-9-17-13(14-15(16)18-19-20(14)3)12-8-6-7-11(5-2)10-12/h11-13,17H,4-10H2,1-3H3. The number of nitrogens with one attached hydrogen (secondary N) is 1. The molecule has 0 aliphatic heterocycles. The molecule has 20 heavy (non-hydrogen) atoms. The lowest BCUT2D eigenvalue weighted by molar-refractivity contribution is 0.204. The van der Waals surface area contributed by atoms with E-state index in [1.54, 1.807) is 0 Å². The molecule has 1 aliphatic carbocycles. The minimum absolute atomic E-state index is 0.374. The third-order valence-corrected chi connectivity index (χ3v) is 5.17. The van der Waals surface area contributed by atoms with Crippen molar-refractivity contribution in [2.24, 2.45) is 18.9 Å². The van der Waals surface area contributed by atoms with Crippen LogP contribution in [-0.2, 0) is 7.05 Å². The molecule has 4 nitrogen and oxygen atoms in total. The third-order valence-electron chi connectivity index (χ3n) is 4.61. The highest BCUT2D eigenvalue weighted by atomic mass is 79.9. The van der Waals surface area contributed by atoms with Crippen LogP contribution in [0.3, 0.4) is 0 Å². The van der Waals surface area contributed by atoms with Crippen LogP contribution in [0.5, 0.6) is 0 Å². The van der Waals surface area contributed by atoms with Crippen molar-refractivity contribution in [3.63, 3.8) is 0 Å². The van der Waals surface area contributed by atoms with Gasteiger partial charge in [0.2, 0.25) is 0 Å². The number of aromatic nitrogens is 3. The summed E-state index contributed by atoms with van der Waals surface area (Å²) in [6.45, 7) is 5.59. The second-order valence-corrected chi connectivity index (χ2v) is 6.77. The fourth-order valence-corrected chi connectivity index (χ4v) is 4.04. The van der Waals surface area contributed by atoms with Gasteiger partial charge in [0.05, 0.1) is 11.7 Å². The third kappa shape index (κ3) is 3.61. The Bertz CT molecular complexity index is 399. The van der Waals surface area contributed by atoms with Crippen molar-refractivity contribution >= 4 is 15.9 Å². The summed E-state index contributed by atoms with van der Waals surface area (Å²) < 4.78 is 2.82. The first-order valence-corrected chi connectivity index (χ1v) is 8.75. The van der Waals surface area contributed by atoms with E-state index in [1.807, 2.05) is 11.7 Å². The molecular formula is C15H27BrN4. The minimum atomic E-state index is 0.374. The summed E-state index contributed by atoms with van der Waals surface area (Å²) in [6, 6.07) is 0.374. The lowest BCUT2D eigenvalue weighted by atomic mass is 9.76. The average Bonchev–Trinajstić information content (AvgIpc) is 2.80. The zero-order chi connectivity index (χ0) is 14.5. The average molecular weight is 343 g/mol. The summed E-state index contributed by atoms with van der Waals surface area (Å²) in [5, 5.41) is 12.1. The van der Waals surface area contributed by atoms with E-state index in [1.165, 1.54) is 37.8 Å². The predicted octanol–water partition coefficient (Wildman–Crippen LogP) is 3.83. The van der Waals surface area contributed by atoms with Crippen LogP contribution in [0.2, 0.25) is 0 Å². The van der Waals surface area contributed by atoms with Crippen molar-refractivity contribution in [3.8, 4) is 0 Å². The number of hydrogen-bond donors (Lipinski definition) is 1. The van der Waals surface area contributed by atoms with E-state index in [4.69, 9.17) is 0 Å². The van der Waals surface area contributed by atoms with Crippen molar-refractivity contribution in [2.75, 3.05) is 6.54 Å². The number of halogens is 1. The molecule has 1 N–H and O–H groups in total. The molecule has 0 spiro atoms. The lowest BCUT2D eigenvalue weighted by Gasteiger charge is -2.35. The summed E-state index contributed by atoms with van der Waals surface area (Å²) >= 11 is 3.57. The minimum Gasteiger partial charge on any atom is -0.308 e. The van der Waals surface area contributed by atoms with E-state index in [2.05, 4.69) is 45.4 Å². The normalized spacial score (nSPS) is 24.8. The number of hydrogen-bond acceptors (Lipinski definition) is 3. The Morgan fingerprint density at radius 3 is 2.80 bits per heavy atom. The Morgan fingerprint density at radius 1 is 1.40 bits per heavy atom. The van der Waals surface area contributed by atoms with Crippen LogP contribution >= 0.6 is 15.9 Å². The number of nitrogens with zero attached hydrogens (tertiary/aromatic N) is 3. The van der Waals surface area contributed by atoms with E-state index >= 15 is 0 Å². The molecule has 0 bridgehead atoms. The molecule has 3 unspecified atom stereocenters. The van der Waals surface area contributed by atoms with Crippen LogP contribution in [0.4, 0.5) is 0 Å². The van der Waals surface area contributed by atoms with Gasteiger partial charge in [-0.1, -0.05) is 38.3 Å². The molecule has 5 heteroatoms. The van der Waals surface area contributed by atoms with Gasteiger partial charge in [0.1, 0.15) is 0 Å². The zero-order valence-corrected chi connectivity index (χ0v) is 14.5. The molecule has 0 amide bonds. The Balaban J connectivity index is 2.18. The zero-order valence-electron chi connectivity index (χ0n) is 12.9. The van der Waals surface area contributed by atoms with Crippen LogP contribution in [0, 0.1) is 11.8 Å². The van der Waals surface area contributed by atoms with E-state index in [9.17, 15) is 0 Å². The van der Waals surface area contributed by atoms with Crippen LogP contribution < -0.4 is 5.32 Å². The molecule has 0 saturated heterocycles. The summed E-state index contributed by atoms with van der Waals surface area (Å²) in [7, 11) is 1.99. The van der Waals surface area contributed by atoms with E-state index in [0.29, 0.717) is 12.0 Å². The molecule has 0 aromatic carbocycles. The van der Waals surface area contributed by atoms with Gasteiger partial charge in [0.15, 0.2) is 4.60 Å². The largest absolute Gasteiger partial charge is 0.308 e. The summed E-state index contributed by atoms with van der Waals surface area (Å²) in [4.78, 5) is 0. The Morgan fingerprint density at radius 2 is 2.20 bits per heavy atom. The summed E-state index contributed by atoms with van der Waals surface area (Å²) in [5.41, 5.74) is 1.21. The van der Waals surface area contributed by atoms with Gasteiger partial charge in [0.25, 0.3) is 0 Å².